The number of hydrogen-bond acceptors (Lipinski definition) is 6. The van der Waals surface area contributed by atoms with E-state index in [1.165, 1.54) is 0 Å². The van der Waals surface area contributed by atoms with Gasteiger partial charge in [-0.25, -0.2) is 0 Å². The first-order valence-corrected chi connectivity index (χ1v) is 8.34. The zero-order valence-corrected chi connectivity index (χ0v) is 14.5. The Morgan fingerprint density at radius 2 is 1.74 bits per heavy atom. The Morgan fingerprint density at radius 3 is 2.26 bits per heavy atom. The lowest BCUT2D eigenvalue weighted by molar-refractivity contribution is -0.261. The van der Waals surface area contributed by atoms with E-state index in [1.807, 2.05) is 19.1 Å². The van der Waals surface area contributed by atoms with Crippen molar-refractivity contribution < 1.29 is 28.8 Å². The lowest BCUT2D eigenvalue weighted by atomic mass is 9.88. The Bertz CT molecular complexity index is 368. The monoisotopic (exact) mass is 330 g/mol. The van der Waals surface area contributed by atoms with E-state index in [0.29, 0.717) is 6.61 Å². The van der Waals surface area contributed by atoms with Crippen LogP contribution in [0.5, 0.6) is 0 Å². The first-order chi connectivity index (χ1) is 11.2. The van der Waals surface area contributed by atoms with Crippen LogP contribution >= 0.6 is 0 Å². The predicted molar refractivity (Wildman–Crippen MR) is 85.5 cm³/mol. The molecule has 0 spiro atoms. The number of aliphatic hydroxyl groups excluding tert-OH is 1. The second-order valence-electron chi connectivity index (χ2n) is 6.09. The number of methoxy groups -OCH3 is 3. The molecule has 0 aromatic carbocycles. The van der Waals surface area contributed by atoms with Crippen molar-refractivity contribution in [1.29, 1.82) is 0 Å². The van der Waals surface area contributed by atoms with Crippen molar-refractivity contribution in [2.24, 2.45) is 0 Å². The van der Waals surface area contributed by atoms with E-state index < -0.39 is 18.3 Å². The van der Waals surface area contributed by atoms with E-state index in [0.717, 1.165) is 19.3 Å². The van der Waals surface area contributed by atoms with Crippen molar-refractivity contribution in [1.82, 2.24) is 0 Å². The Morgan fingerprint density at radius 1 is 1.04 bits per heavy atom. The van der Waals surface area contributed by atoms with Crippen molar-refractivity contribution in [2.75, 3.05) is 27.9 Å². The molecule has 1 N–H and O–H groups in total. The van der Waals surface area contributed by atoms with E-state index in [4.69, 9.17) is 23.7 Å². The van der Waals surface area contributed by atoms with E-state index in [2.05, 4.69) is 0 Å². The average molecular weight is 330 g/mol. The van der Waals surface area contributed by atoms with Crippen LogP contribution in [0, 0.1) is 0 Å². The molecule has 0 aromatic heterocycles. The van der Waals surface area contributed by atoms with Gasteiger partial charge < -0.3 is 28.8 Å². The Balaban J connectivity index is 2.21. The summed E-state index contributed by atoms with van der Waals surface area (Å²) in [7, 11) is 4.86. The molecular weight excluding hydrogens is 300 g/mol. The molecule has 6 heteroatoms. The average Bonchev–Trinajstić information content (AvgIpc) is 2.60. The lowest BCUT2D eigenvalue weighted by Crippen LogP contribution is -2.63. The topological polar surface area (TPSA) is 66.4 Å². The fraction of sp³-hybridized carbons (Fsp3) is 0.882. The van der Waals surface area contributed by atoms with E-state index in [-0.39, 0.29) is 24.4 Å². The molecule has 23 heavy (non-hydrogen) atoms. The molecule has 6 nitrogen and oxygen atoms in total. The maximum atomic E-state index is 10.8. The van der Waals surface area contributed by atoms with Gasteiger partial charge in [0.05, 0.1) is 6.10 Å². The highest BCUT2D eigenvalue weighted by atomic mass is 16.6. The van der Waals surface area contributed by atoms with Gasteiger partial charge in [0.2, 0.25) is 0 Å². The molecule has 2 rings (SSSR count). The fourth-order valence-corrected chi connectivity index (χ4v) is 3.57. The zero-order chi connectivity index (χ0) is 16.8. The van der Waals surface area contributed by atoms with Crippen LogP contribution in [-0.2, 0) is 23.7 Å². The van der Waals surface area contributed by atoms with Gasteiger partial charge in [0.25, 0.3) is 0 Å². The van der Waals surface area contributed by atoms with Crippen LogP contribution in [0.1, 0.15) is 26.2 Å². The molecule has 2 heterocycles. The third-order valence-electron chi connectivity index (χ3n) is 4.74. The maximum Gasteiger partial charge on any atom is 0.116 e. The van der Waals surface area contributed by atoms with Crippen molar-refractivity contribution in [3.8, 4) is 0 Å². The molecule has 2 saturated heterocycles. The van der Waals surface area contributed by atoms with Crippen molar-refractivity contribution in [2.45, 2.75) is 68.9 Å². The van der Waals surface area contributed by atoms with Crippen LogP contribution in [0.2, 0.25) is 0 Å². The highest BCUT2D eigenvalue weighted by Gasteiger charge is 2.50. The molecule has 0 bridgehead atoms. The summed E-state index contributed by atoms with van der Waals surface area (Å²) in [4.78, 5) is 0. The predicted octanol–water partition coefficient (Wildman–Crippen LogP) is 1.30. The molecule has 0 amide bonds. The van der Waals surface area contributed by atoms with Crippen LogP contribution in [0.15, 0.2) is 12.2 Å². The molecule has 2 fully saturated rings. The van der Waals surface area contributed by atoms with E-state index >= 15 is 0 Å². The van der Waals surface area contributed by atoms with Gasteiger partial charge in [0.1, 0.15) is 36.6 Å². The van der Waals surface area contributed by atoms with Gasteiger partial charge in [0.15, 0.2) is 0 Å². The second-order valence-corrected chi connectivity index (χ2v) is 6.09. The van der Waals surface area contributed by atoms with Crippen LogP contribution in [0.25, 0.3) is 0 Å². The van der Waals surface area contributed by atoms with Gasteiger partial charge in [-0.05, 0) is 26.2 Å². The molecule has 2 aliphatic rings. The summed E-state index contributed by atoms with van der Waals surface area (Å²) in [6, 6.07) is 0. The number of allylic oxidation sites excluding steroid dienone is 1. The first-order valence-electron chi connectivity index (χ1n) is 8.34. The van der Waals surface area contributed by atoms with Crippen molar-refractivity contribution in [3.05, 3.63) is 12.2 Å². The molecule has 2 aliphatic heterocycles. The Kier molecular flexibility index (Phi) is 7.46. The number of ether oxygens (including phenoxy) is 5. The number of hydrogen-bond donors (Lipinski definition) is 1. The SMILES string of the molecule is CC=C[C@H]1O[C@H](C(O)C2CCCCO2)[C@@H](OC)[C@H](OC)[C@H]1OC. The molecule has 0 saturated carbocycles. The Labute approximate surface area is 138 Å². The summed E-state index contributed by atoms with van der Waals surface area (Å²) >= 11 is 0. The number of aliphatic hydroxyl groups is 1. The van der Waals surface area contributed by atoms with Gasteiger partial charge in [-0.3, -0.25) is 0 Å². The van der Waals surface area contributed by atoms with Crippen LogP contribution in [0.3, 0.4) is 0 Å². The van der Waals surface area contributed by atoms with Gasteiger partial charge >= 0.3 is 0 Å². The maximum absolute atomic E-state index is 10.8. The van der Waals surface area contributed by atoms with Crippen molar-refractivity contribution in [3.63, 3.8) is 0 Å². The van der Waals surface area contributed by atoms with Gasteiger partial charge in [-0.1, -0.05) is 12.2 Å². The summed E-state index contributed by atoms with van der Waals surface area (Å²) in [6.45, 7) is 2.61. The van der Waals surface area contributed by atoms with Gasteiger partial charge in [-0.15, -0.1) is 0 Å². The van der Waals surface area contributed by atoms with Crippen LogP contribution < -0.4 is 0 Å². The Hall–Kier alpha value is -0.500. The highest BCUT2D eigenvalue weighted by Crippen LogP contribution is 2.32. The normalized spacial score (nSPS) is 40.4. The van der Waals surface area contributed by atoms with Crippen LogP contribution in [0.4, 0.5) is 0 Å². The smallest absolute Gasteiger partial charge is 0.116 e. The minimum atomic E-state index is -0.761. The van der Waals surface area contributed by atoms with Crippen LogP contribution in [-0.4, -0.2) is 75.8 Å². The summed E-state index contributed by atoms with van der Waals surface area (Å²) in [5.74, 6) is 0. The van der Waals surface area contributed by atoms with Gasteiger partial charge in [-0.2, -0.15) is 0 Å². The van der Waals surface area contributed by atoms with Gasteiger partial charge in [0, 0.05) is 27.9 Å². The summed E-state index contributed by atoms with van der Waals surface area (Å²) in [5.41, 5.74) is 0. The number of rotatable bonds is 6. The third-order valence-corrected chi connectivity index (χ3v) is 4.74. The molecule has 134 valence electrons. The first kappa shape index (κ1) is 18.8. The molecule has 0 aromatic rings. The molecular formula is C17H30O6. The molecule has 7 atom stereocenters. The second kappa shape index (κ2) is 9.11. The molecule has 0 aliphatic carbocycles. The summed E-state index contributed by atoms with van der Waals surface area (Å²) in [5, 5.41) is 10.8. The minimum Gasteiger partial charge on any atom is -0.388 e. The largest absolute Gasteiger partial charge is 0.388 e. The summed E-state index contributed by atoms with van der Waals surface area (Å²) in [6.07, 6.45) is 3.89. The van der Waals surface area contributed by atoms with E-state index in [9.17, 15) is 5.11 Å². The summed E-state index contributed by atoms with van der Waals surface area (Å²) < 4.78 is 28.7. The van der Waals surface area contributed by atoms with Crippen molar-refractivity contribution >= 4 is 0 Å². The fourth-order valence-electron chi connectivity index (χ4n) is 3.57. The molecule has 2 unspecified atom stereocenters. The van der Waals surface area contributed by atoms with E-state index in [1.54, 1.807) is 21.3 Å². The zero-order valence-electron chi connectivity index (χ0n) is 14.5. The molecule has 0 radical (unpaired) electrons. The lowest BCUT2D eigenvalue weighted by Gasteiger charge is -2.47. The minimum absolute atomic E-state index is 0.228. The highest BCUT2D eigenvalue weighted by molar-refractivity contribution is 5.05. The standard InChI is InChI=1S/C17H30O6/c1-5-8-12-14(19-2)16(20-3)17(21-4)15(23-12)13(18)11-9-6-7-10-22-11/h5,8,11-18H,6-7,9-10H2,1-4H3/t11?,12-,13?,14+,15-,16-,17-/m1/s1. The quantitative estimate of drug-likeness (QED) is 0.741. The third kappa shape index (κ3) is 4.13.